The monoisotopic (exact) mass is 403 g/mol. The maximum atomic E-state index is 12.8. The molecular weight excluding hydrogens is 370 g/mol. The zero-order valence-electron chi connectivity index (χ0n) is 18.3. The molecule has 1 aromatic carbocycles. The molecule has 0 atom stereocenters. The van der Waals surface area contributed by atoms with E-state index in [4.69, 9.17) is 9.47 Å². The van der Waals surface area contributed by atoms with Crippen molar-refractivity contribution in [3.63, 3.8) is 0 Å². The summed E-state index contributed by atoms with van der Waals surface area (Å²) in [5, 5.41) is 6.93. The van der Waals surface area contributed by atoms with Gasteiger partial charge in [-0.3, -0.25) is 4.79 Å². The number of fused-ring (bicyclic) bond motifs is 1. The third-order valence-electron chi connectivity index (χ3n) is 5.02. The molecule has 2 amide bonds. The van der Waals surface area contributed by atoms with Gasteiger partial charge in [-0.15, -0.1) is 0 Å². The lowest BCUT2D eigenvalue weighted by atomic mass is 9.92. The minimum absolute atomic E-state index is 0.104. The molecule has 0 aliphatic heterocycles. The predicted molar refractivity (Wildman–Crippen MR) is 114 cm³/mol. The van der Waals surface area contributed by atoms with E-state index in [-0.39, 0.29) is 12.5 Å². The number of hydrogen-bond acceptors (Lipinski definition) is 4. The van der Waals surface area contributed by atoms with E-state index in [9.17, 15) is 9.59 Å². The van der Waals surface area contributed by atoms with Gasteiger partial charge < -0.3 is 24.7 Å². The Bertz CT molecular complexity index is 847. The number of rotatable bonds is 8. The predicted octanol–water partition coefficient (Wildman–Crippen LogP) is 3.85. The highest BCUT2D eigenvalue weighted by atomic mass is 16.6. The standard InChI is InChI=1S/C22H33N3O4/c1-7-22(8-2,15-23-20(27)29-21(3,4)5)24-19(26)14-25-12-11-16-13-17(28-6)9-10-18(16)25/h9-13H,7-8,14-15H2,1-6H3,(H,23,27)(H,24,26). The summed E-state index contributed by atoms with van der Waals surface area (Å²) in [7, 11) is 1.63. The van der Waals surface area contributed by atoms with Crippen LogP contribution >= 0.6 is 0 Å². The van der Waals surface area contributed by atoms with Crippen LogP contribution in [0, 0.1) is 0 Å². The van der Waals surface area contributed by atoms with Gasteiger partial charge in [-0.1, -0.05) is 13.8 Å². The minimum Gasteiger partial charge on any atom is -0.497 e. The van der Waals surface area contributed by atoms with Crippen molar-refractivity contribution in [1.82, 2.24) is 15.2 Å². The normalized spacial score (nSPS) is 11.9. The van der Waals surface area contributed by atoms with Crippen molar-refractivity contribution < 1.29 is 19.1 Å². The van der Waals surface area contributed by atoms with Crippen molar-refractivity contribution in [3.8, 4) is 5.75 Å². The van der Waals surface area contributed by atoms with E-state index >= 15 is 0 Å². The number of aromatic nitrogens is 1. The Kier molecular flexibility index (Phi) is 7.16. The molecule has 0 spiro atoms. The number of carbonyl (C=O) groups excluding carboxylic acids is 2. The molecule has 0 fully saturated rings. The number of benzene rings is 1. The van der Waals surface area contributed by atoms with E-state index in [1.807, 2.05) is 69.6 Å². The van der Waals surface area contributed by atoms with E-state index in [0.29, 0.717) is 19.4 Å². The molecule has 160 valence electrons. The Labute approximate surface area is 172 Å². The molecule has 1 aromatic heterocycles. The molecule has 0 aliphatic rings. The van der Waals surface area contributed by atoms with Crippen LogP contribution in [0.2, 0.25) is 0 Å². The van der Waals surface area contributed by atoms with Crippen LogP contribution in [0.15, 0.2) is 30.5 Å². The molecule has 0 aliphatic carbocycles. The zero-order chi connectivity index (χ0) is 21.7. The van der Waals surface area contributed by atoms with E-state index in [1.54, 1.807) is 7.11 Å². The summed E-state index contributed by atoms with van der Waals surface area (Å²) < 4.78 is 12.5. The molecule has 1 heterocycles. The van der Waals surface area contributed by atoms with E-state index in [2.05, 4.69) is 10.6 Å². The second-order valence-electron chi connectivity index (χ2n) is 8.26. The Morgan fingerprint density at radius 1 is 1.10 bits per heavy atom. The lowest BCUT2D eigenvalue weighted by Gasteiger charge is -2.33. The Morgan fingerprint density at radius 2 is 1.79 bits per heavy atom. The van der Waals surface area contributed by atoms with Gasteiger partial charge in [0.15, 0.2) is 0 Å². The van der Waals surface area contributed by atoms with Crippen LogP contribution in [0.5, 0.6) is 5.75 Å². The van der Waals surface area contributed by atoms with Gasteiger partial charge >= 0.3 is 6.09 Å². The van der Waals surface area contributed by atoms with Crippen LogP contribution in [0.1, 0.15) is 47.5 Å². The third kappa shape index (κ3) is 6.14. The fourth-order valence-corrected chi connectivity index (χ4v) is 3.21. The second-order valence-corrected chi connectivity index (χ2v) is 8.26. The molecule has 29 heavy (non-hydrogen) atoms. The molecule has 2 N–H and O–H groups in total. The number of nitrogens with one attached hydrogen (secondary N) is 2. The fourth-order valence-electron chi connectivity index (χ4n) is 3.21. The van der Waals surface area contributed by atoms with Gasteiger partial charge in [0.25, 0.3) is 0 Å². The summed E-state index contributed by atoms with van der Waals surface area (Å²) in [6.45, 7) is 9.96. The van der Waals surface area contributed by atoms with Gasteiger partial charge in [-0.25, -0.2) is 4.79 Å². The van der Waals surface area contributed by atoms with E-state index in [1.165, 1.54) is 0 Å². The summed E-state index contributed by atoms with van der Waals surface area (Å²) in [5.41, 5.74) is -0.126. The van der Waals surface area contributed by atoms with Gasteiger partial charge in [0.1, 0.15) is 17.9 Å². The number of ether oxygens (including phenoxy) is 2. The summed E-state index contributed by atoms with van der Waals surface area (Å²) in [6.07, 6.45) is 2.79. The first-order valence-electron chi connectivity index (χ1n) is 10.0. The van der Waals surface area contributed by atoms with Crippen LogP contribution in [0.3, 0.4) is 0 Å². The van der Waals surface area contributed by atoms with Crippen LogP contribution in [0.4, 0.5) is 4.79 Å². The SMILES string of the molecule is CCC(CC)(CNC(=O)OC(C)(C)C)NC(=O)Cn1ccc2cc(OC)ccc21. The van der Waals surface area contributed by atoms with Gasteiger partial charge in [0.2, 0.25) is 5.91 Å². The highest BCUT2D eigenvalue weighted by Gasteiger charge is 2.29. The van der Waals surface area contributed by atoms with Gasteiger partial charge in [0, 0.05) is 23.6 Å². The van der Waals surface area contributed by atoms with Crippen LogP contribution in [0.25, 0.3) is 10.9 Å². The minimum atomic E-state index is -0.563. The summed E-state index contributed by atoms with van der Waals surface area (Å²) in [6, 6.07) is 7.72. The number of carbonyl (C=O) groups is 2. The maximum absolute atomic E-state index is 12.8. The highest BCUT2D eigenvalue weighted by molar-refractivity contribution is 5.84. The van der Waals surface area contributed by atoms with Gasteiger partial charge in [-0.2, -0.15) is 0 Å². The Morgan fingerprint density at radius 3 is 2.38 bits per heavy atom. The maximum Gasteiger partial charge on any atom is 0.407 e. The molecule has 2 rings (SSSR count). The van der Waals surface area contributed by atoms with Crippen LogP contribution in [-0.4, -0.2) is 41.4 Å². The van der Waals surface area contributed by atoms with Crippen molar-refractivity contribution in [1.29, 1.82) is 0 Å². The lowest BCUT2D eigenvalue weighted by molar-refractivity contribution is -0.123. The van der Waals surface area contributed by atoms with Crippen molar-refractivity contribution in [2.24, 2.45) is 0 Å². The zero-order valence-corrected chi connectivity index (χ0v) is 18.3. The number of methoxy groups -OCH3 is 1. The van der Waals surface area contributed by atoms with E-state index < -0.39 is 17.2 Å². The summed E-state index contributed by atoms with van der Waals surface area (Å²) in [4.78, 5) is 24.8. The Hall–Kier alpha value is -2.70. The molecule has 0 bridgehead atoms. The second kappa shape index (κ2) is 9.20. The van der Waals surface area contributed by atoms with Crippen molar-refractivity contribution in [3.05, 3.63) is 30.5 Å². The molecule has 2 aromatic rings. The smallest absolute Gasteiger partial charge is 0.407 e. The highest BCUT2D eigenvalue weighted by Crippen LogP contribution is 2.22. The fraction of sp³-hybridized carbons (Fsp3) is 0.545. The van der Waals surface area contributed by atoms with Crippen LogP contribution in [-0.2, 0) is 16.1 Å². The number of hydrogen-bond donors (Lipinski definition) is 2. The Balaban J connectivity index is 2.04. The number of amides is 2. The lowest BCUT2D eigenvalue weighted by Crippen LogP contribution is -2.56. The first kappa shape index (κ1) is 22.6. The number of alkyl carbamates (subject to hydrolysis) is 1. The van der Waals surface area contributed by atoms with Gasteiger partial charge in [-0.05, 0) is 57.9 Å². The molecule has 0 saturated carbocycles. The molecule has 7 nitrogen and oxygen atoms in total. The number of nitrogens with zero attached hydrogens (tertiary/aromatic N) is 1. The van der Waals surface area contributed by atoms with Crippen molar-refractivity contribution in [2.45, 2.75) is 65.1 Å². The molecule has 0 radical (unpaired) electrons. The topological polar surface area (TPSA) is 81.6 Å². The summed E-state index contributed by atoms with van der Waals surface area (Å²) >= 11 is 0. The summed E-state index contributed by atoms with van der Waals surface area (Å²) in [5.74, 6) is 0.678. The van der Waals surface area contributed by atoms with E-state index in [0.717, 1.165) is 16.7 Å². The molecule has 7 heteroatoms. The first-order chi connectivity index (χ1) is 13.6. The van der Waals surface area contributed by atoms with Crippen molar-refractivity contribution in [2.75, 3.05) is 13.7 Å². The quantitative estimate of drug-likeness (QED) is 0.701. The first-order valence-corrected chi connectivity index (χ1v) is 10.0. The average Bonchev–Trinajstić information content (AvgIpc) is 3.05. The van der Waals surface area contributed by atoms with Crippen molar-refractivity contribution >= 4 is 22.9 Å². The largest absolute Gasteiger partial charge is 0.497 e. The average molecular weight is 404 g/mol. The molecule has 0 unspecified atom stereocenters. The van der Waals surface area contributed by atoms with Crippen LogP contribution < -0.4 is 15.4 Å². The third-order valence-corrected chi connectivity index (χ3v) is 5.02. The van der Waals surface area contributed by atoms with Gasteiger partial charge in [0.05, 0.1) is 12.6 Å². The molecule has 0 saturated heterocycles. The molecular formula is C22H33N3O4.